The van der Waals surface area contributed by atoms with Crippen LogP contribution in [0, 0.1) is 41.0 Å². The summed E-state index contributed by atoms with van der Waals surface area (Å²) in [6.07, 6.45) is 8.42. The Balaban J connectivity index is 1.38. The van der Waals surface area contributed by atoms with Crippen molar-refractivity contribution in [3.63, 3.8) is 0 Å². The summed E-state index contributed by atoms with van der Waals surface area (Å²) in [5.41, 5.74) is 1.66. The molecule has 0 atom stereocenters. The normalized spacial score (nSPS) is 18.0. The van der Waals surface area contributed by atoms with Gasteiger partial charge in [-0.3, -0.25) is 0 Å². The van der Waals surface area contributed by atoms with Gasteiger partial charge < -0.3 is 0 Å². The number of fused-ring (bicyclic) bond motifs is 1. The summed E-state index contributed by atoms with van der Waals surface area (Å²) in [5.74, 6) is 3.46. The van der Waals surface area contributed by atoms with E-state index in [-0.39, 0.29) is 11.5 Å². The van der Waals surface area contributed by atoms with E-state index in [1.54, 1.807) is 12.1 Å². The third kappa shape index (κ3) is 5.63. The standard InChI is InChI=1S/C30H30F4/c1-2-3-4-5-6-21-17-28(32)26(29(33)18-21)14-9-20-7-10-22(11-8-20)23-12-15-25-24(19-23)13-16-27(31)30(25)34/h12-13,15-20,22H,2-8,10-11H2,1H3. The average molecular weight is 467 g/mol. The fourth-order valence-corrected chi connectivity index (χ4v) is 4.93. The van der Waals surface area contributed by atoms with Crippen LogP contribution in [-0.2, 0) is 6.42 Å². The Labute approximate surface area is 199 Å². The Morgan fingerprint density at radius 2 is 1.53 bits per heavy atom. The van der Waals surface area contributed by atoms with Gasteiger partial charge in [0.2, 0.25) is 0 Å². The van der Waals surface area contributed by atoms with Crippen molar-refractivity contribution in [3.05, 3.63) is 82.4 Å². The van der Waals surface area contributed by atoms with Crippen molar-refractivity contribution in [1.82, 2.24) is 0 Å². The van der Waals surface area contributed by atoms with E-state index in [2.05, 4.69) is 18.8 Å². The molecular formula is C30H30F4. The Hall–Kier alpha value is -2.80. The zero-order valence-corrected chi connectivity index (χ0v) is 19.6. The molecule has 3 aromatic rings. The fraction of sp³-hybridized carbons (Fsp3) is 0.400. The minimum Gasteiger partial charge on any atom is -0.206 e. The maximum absolute atomic E-state index is 14.5. The summed E-state index contributed by atoms with van der Waals surface area (Å²) >= 11 is 0. The van der Waals surface area contributed by atoms with Gasteiger partial charge in [0, 0.05) is 11.3 Å². The molecule has 0 aliphatic heterocycles. The lowest BCUT2D eigenvalue weighted by molar-refractivity contribution is 0.385. The average Bonchev–Trinajstić information content (AvgIpc) is 2.84. The zero-order chi connectivity index (χ0) is 24.1. The molecule has 1 saturated carbocycles. The second-order valence-corrected chi connectivity index (χ2v) is 9.40. The maximum Gasteiger partial charge on any atom is 0.166 e. The molecule has 4 heteroatoms. The van der Waals surface area contributed by atoms with Crippen LogP contribution in [0.1, 0.15) is 80.9 Å². The molecule has 1 aliphatic rings. The minimum atomic E-state index is -0.839. The molecule has 0 aromatic heterocycles. The highest BCUT2D eigenvalue weighted by Gasteiger charge is 2.22. The molecule has 0 spiro atoms. The molecule has 178 valence electrons. The van der Waals surface area contributed by atoms with Crippen molar-refractivity contribution >= 4 is 10.8 Å². The van der Waals surface area contributed by atoms with Crippen LogP contribution in [-0.4, -0.2) is 0 Å². The SMILES string of the molecule is CCCCCCc1cc(F)c(C#CC2CCC(c3ccc4c(F)c(F)ccc4c3)CC2)c(F)c1. The van der Waals surface area contributed by atoms with E-state index in [4.69, 9.17) is 0 Å². The first-order valence-electron chi connectivity index (χ1n) is 12.3. The molecule has 0 nitrogen and oxygen atoms in total. The highest BCUT2D eigenvalue weighted by molar-refractivity contribution is 5.84. The van der Waals surface area contributed by atoms with Crippen molar-refractivity contribution in [2.45, 2.75) is 70.6 Å². The Morgan fingerprint density at radius 1 is 0.794 bits per heavy atom. The predicted molar refractivity (Wildman–Crippen MR) is 130 cm³/mol. The molecule has 1 fully saturated rings. The smallest absolute Gasteiger partial charge is 0.166 e. The Bertz CT molecular complexity index is 1190. The Morgan fingerprint density at radius 3 is 2.24 bits per heavy atom. The second kappa shape index (κ2) is 11.1. The molecule has 0 saturated heterocycles. The monoisotopic (exact) mass is 466 g/mol. The molecule has 1 aliphatic carbocycles. The number of rotatable bonds is 6. The van der Waals surface area contributed by atoms with E-state index in [9.17, 15) is 17.6 Å². The number of benzene rings is 3. The van der Waals surface area contributed by atoms with E-state index in [1.165, 1.54) is 12.1 Å². The van der Waals surface area contributed by atoms with Gasteiger partial charge >= 0.3 is 0 Å². The van der Waals surface area contributed by atoms with Crippen LogP contribution in [0.5, 0.6) is 0 Å². The molecule has 0 unspecified atom stereocenters. The van der Waals surface area contributed by atoms with Gasteiger partial charge in [-0.1, -0.05) is 62.3 Å². The van der Waals surface area contributed by atoms with Crippen molar-refractivity contribution < 1.29 is 17.6 Å². The molecule has 34 heavy (non-hydrogen) atoms. The first-order chi connectivity index (χ1) is 16.5. The van der Waals surface area contributed by atoms with Gasteiger partial charge in [-0.05, 0) is 79.2 Å². The maximum atomic E-state index is 14.5. The molecule has 0 amide bonds. The minimum absolute atomic E-state index is 0.0933. The van der Waals surface area contributed by atoms with Crippen LogP contribution < -0.4 is 0 Å². The van der Waals surface area contributed by atoms with Gasteiger partial charge in [0.1, 0.15) is 11.6 Å². The van der Waals surface area contributed by atoms with Crippen LogP contribution in [0.4, 0.5) is 17.6 Å². The van der Waals surface area contributed by atoms with Crippen LogP contribution in [0.25, 0.3) is 10.8 Å². The van der Waals surface area contributed by atoms with Crippen molar-refractivity contribution in [1.29, 1.82) is 0 Å². The largest absolute Gasteiger partial charge is 0.206 e. The van der Waals surface area contributed by atoms with E-state index < -0.39 is 23.3 Å². The van der Waals surface area contributed by atoms with Gasteiger partial charge in [0.15, 0.2) is 11.6 Å². The molecule has 0 heterocycles. The van der Waals surface area contributed by atoms with Crippen molar-refractivity contribution in [2.75, 3.05) is 0 Å². The summed E-state index contributed by atoms with van der Waals surface area (Å²) in [4.78, 5) is 0. The highest BCUT2D eigenvalue weighted by atomic mass is 19.2. The zero-order valence-electron chi connectivity index (χ0n) is 19.6. The van der Waals surface area contributed by atoms with E-state index in [1.807, 2.05) is 12.1 Å². The topological polar surface area (TPSA) is 0 Å². The quantitative estimate of drug-likeness (QED) is 0.193. The lowest BCUT2D eigenvalue weighted by Gasteiger charge is -2.26. The summed E-state index contributed by atoms with van der Waals surface area (Å²) < 4.78 is 56.4. The molecule has 4 rings (SSSR count). The van der Waals surface area contributed by atoms with E-state index in [0.717, 1.165) is 63.0 Å². The van der Waals surface area contributed by atoms with Gasteiger partial charge in [-0.2, -0.15) is 0 Å². The first-order valence-corrected chi connectivity index (χ1v) is 12.3. The summed E-state index contributed by atoms with van der Waals surface area (Å²) in [6.45, 7) is 2.13. The van der Waals surface area contributed by atoms with Crippen LogP contribution in [0.15, 0.2) is 42.5 Å². The Kier molecular flexibility index (Phi) is 7.93. The van der Waals surface area contributed by atoms with Gasteiger partial charge in [-0.15, -0.1) is 0 Å². The molecular weight excluding hydrogens is 436 g/mol. The summed E-state index contributed by atoms with van der Waals surface area (Å²) in [5, 5.41) is 0.984. The van der Waals surface area contributed by atoms with Crippen LogP contribution >= 0.6 is 0 Å². The first kappa shape index (κ1) is 24.3. The highest BCUT2D eigenvalue weighted by Crippen LogP contribution is 2.37. The summed E-state index contributed by atoms with van der Waals surface area (Å²) in [7, 11) is 0. The number of hydrogen-bond acceptors (Lipinski definition) is 0. The number of halogens is 4. The number of hydrogen-bond donors (Lipinski definition) is 0. The lowest BCUT2D eigenvalue weighted by Crippen LogP contribution is -2.12. The van der Waals surface area contributed by atoms with Gasteiger partial charge in [0.05, 0.1) is 5.56 Å². The fourth-order valence-electron chi connectivity index (χ4n) is 4.93. The van der Waals surface area contributed by atoms with Crippen molar-refractivity contribution in [2.24, 2.45) is 5.92 Å². The molecule has 0 radical (unpaired) electrons. The van der Waals surface area contributed by atoms with Crippen LogP contribution in [0.3, 0.4) is 0 Å². The molecule has 0 bridgehead atoms. The third-order valence-electron chi connectivity index (χ3n) is 6.95. The van der Waals surface area contributed by atoms with Gasteiger partial charge in [0.25, 0.3) is 0 Å². The summed E-state index contributed by atoms with van der Waals surface area (Å²) in [6, 6.07) is 11.1. The molecule has 3 aromatic carbocycles. The van der Waals surface area contributed by atoms with Gasteiger partial charge in [-0.25, -0.2) is 17.6 Å². The van der Waals surface area contributed by atoms with E-state index in [0.29, 0.717) is 28.7 Å². The van der Waals surface area contributed by atoms with E-state index >= 15 is 0 Å². The lowest BCUT2D eigenvalue weighted by atomic mass is 9.78. The third-order valence-corrected chi connectivity index (χ3v) is 6.95. The van der Waals surface area contributed by atoms with Crippen LogP contribution in [0.2, 0.25) is 0 Å². The van der Waals surface area contributed by atoms with Crippen molar-refractivity contribution in [3.8, 4) is 11.8 Å². The second-order valence-electron chi connectivity index (χ2n) is 9.40. The predicted octanol–water partition coefficient (Wildman–Crippen LogP) is 8.84. The number of aryl methyl sites for hydroxylation is 1. The molecule has 0 N–H and O–H groups in total. The number of unbranched alkanes of at least 4 members (excludes halogenated alkanes) is 3.